The average molecular weight is 493 g/mol. The number of nitrogens with zero attached hydrogens (tertiary/aromatic N) is 2. The second-order valence-corrected chi connectivity index (χ2v) is 10.1. The predicted molar refractivity (Wildman–Crippen MR) is 143 cm³/mol. The van der Waals surface area contributed by atoms with E-state index in [-0.39, 0.29) is 24.3 Å². The van der Waals surface area contributed by atoms with Crippen molar-refractivity contribution in [2.75, 3.05) is 31.7 Å². The highest BCUT2D eigenvalue weighted by atomic mass is 16.5. The van der Waals surface area contributed by atoms with E-state index in [1.165, 1.54) is 29.7 Å². The fraction of sp³-hybridized carbons (Fsp3) is 0.533. The van der Waals surface area contributed by atoms with E-state index < -0.39 is 0 Å². The molecule has 0 radical (unpaired) electrons. The van der Waals surface area contributed by atoms with E-state index in [1.807, 2.05) is 36.4 Å². The lowest BCUT2D eigenvalue weighted by Crippen LogP contribution is -2.46. The molecular formula is C30H40N2O4. The lowest BCUT2D eigenvalue weighted by molar-refractivity contribution is -0.123. The van der Waals surface area contributed by atoms with Gasteiger partial charge in [0.1, 0.15) is 11.5 Å². The minimum atomic E-state index is -0.338. The third-order valence-electron chi connectivity index (χ3n) is 7.57. The van der Waals surface area contributed by atoms with Crippen molar-refractivity contribution >= 4 is 17.5 Å². The van der Waals surface area contributed by atoms with Crippen molar-refractivity contribution in [3.8, 4) is 11.5 Å². The highest BCUT2D eigenvalue weighted by Gasteiger charge is 2.43. The van der Waals surface area contributed by atoms with Crippen LogP contribution >= 0.6 is 0 Å². The first-order chi connectivity index (χ1) is 17.6. The Kier molecular flexibility index (Phi) is 9.40. The molecule has 2 fully saturated rings. The summed E-state index contributed by atoms with van der Waals surface area (Å²) in [6.45, 7) is 4.63. The fourth-order valence-corrected chi connectivity index (χ4v) is 5.30. The maximum Gasteiger partial charge on any atom is 0.251 e. The van der Waals surface area contributed by atoms with Gasteiger partial charge in [0, 0.05) is 0 Å². The van der Waals surface area contributed by atoms with Crippen LogP contribution in [0.2, 0.25) is 0 Å². The average Bonchev–Trinajstić information content (AvgIpc) is 3.22. The molecular weight excluding hydrogens is 452 g/mol. The summed E-state index contributed by atoms with van der Waals surface area (Å²) in [5.41, 5.74) is 1.97. The number of piperidine rings is 1. The molecule has 2 heterocycles. The summed E-state index contributed by atoms with van der Waals surface area (Å²) in [7, 11) is 1.69. The molecule has 2 aliphatic rings. The van der Waals surface area contributed by atoms with Crippen LogP contribution in [0.1, 0.15) is 63.9 Å². The van der Waals surface area contributed by atoms with Crippen molar-refractivity contribution in [1.82, 2.24) is 4.90 Å². The smallest absolute Gasteiger partial charge is 0.251 e. The summed E-state index contributed by atoms with van der Waals surface area (Å²) in [5, 5.41) is 0. The zero-order valence-electron chi connectivity index (χ0n) is 21.8. The van der Waals surface area contributed by atoms with Gasteiger partial charge in [-0.15, -0.1) is 0 Å². The van der Waals surface area contributed by atoms with Gasteiger partial charge < -0.3 is 9.47 Å². The Hall–Kier alpha value is -2.86. The topological polar surface area (TPSA) is 59.1 Å². The minimum absolute atomic E-state index is 0.0927. The molecule has 4 rings (SSSR count). The van der Waals surface area contributed by atoms with Gasteiger partial charge in [0.05, 0.1) is 31.9 Å². The van der Waals surface area contributed by atoms with Gasteiger partial charge in [-0.3, -0.25) is 14.5 Å². The van der Waals surface area contributed by atoms with Crippen LogP contribution in [0.25, 0.3) is 0 Å². The number of hydrogen-bond acceptors (Lipinski definition) is 5. The predicted octanol–water partition coefficient (Wildman–Crippen LogP) is 5.63. The van der Waals surface area contributed by atoms with Gasteiger partial charge in [-0.05, 0) is 93.1 Å². The van der Waals surface area contributed by atoms with Crippen molar-refractivity contribution < 1.29 is 19.1 Å². The number of imide groups is 1. The molecule has 36 heavy (non-hydrogen) atoms. The lowest BCUT2D eigenvalue weighted by atomic mass is 9.90. The SMILES string of the molecule is CCCCCCOc1ccc(N2C(=O)C[C@@H](N3CCC(CCc4ccc(OC)cc4)CC3)C2=O)cc1. The van der Waals surface area contributed by atoms with Gasteiger partial charge in [-0.25, -0.2) is 4.90 Å². The number of rotatable bonds is 12. The third-order valence-corrected chi connectivity index (χ3v) is 7.57. The molecule has 2 aromatic rings. The molecule has 0 saturated carbocycles. The van der Waals surface area contributed by atoms with Gasteiger partial charge >= 0.3 is 0 Å². The number of anilines is 1. The number of unbranched alkanes of at least 4 members (excludes halogenated alkanes) is 3. The van der Waals surface area contributed by atoms with E-state index in [1.54, 1.807) is 7.11 Å². The Morgan fingerprint density at radius 3 is 2.25 bits per heavy atom. The van der Waals surface area contributed by atoms with Crippen molar-refractivity contribution in [3.05, 3.63) is 54.1 Å². The molecule has 6 nitrogen and oxygen atoms in total. The third kappa shape index (κ3) is 6.67. The number of methoxy groups -OCH3 is 1. The summed E-state index contributed by atoms with van der Waals surface area (Å²) < 4.78 is 11.0. The first kappa shape index (κ1) is 26.2. The minimum Gasteiger partial charge on any atom is -0.497 e. The molecule has 0 bridgehead atoms. The normalized spacial score (nSPS) is 19.2. The van der Waals surface area contributed by atoms with E-state index in [0.29, 0.717) is 18.2 Å². The lowest BCUT2D eigenvalue weighted by Gasteiger charge is -2.34. The highest BCUT2D eigenvalue weighted by Crippen LogP contribution is 2.31. The van der Waals surface area contributed by atoms with Crippen LogP contribution in [-0.4, -0.2) is 49.6 Å². The highest BCUT2D eigenvalue weighted by molar-refractivity contribution is 6.22. The number of hydrogen-bond donors (Lipinski definition) is 0. The Bertz CT molecular complexity index is 981. The summed E-state index contributed by atoms with van der Waals surface area (Å²) in [5.74, 6) is 2.12. The van der Waals surface area contributed by atoms with Crippen LogP contribution in [0.5, 0.6) is 11.5 Å². The number of ether oxygens (including phenoxy) is 2. The number of carbonyl (C=O) groups is 2. The fourth-order valence-electron chi connectivity index (χ4n) is 5.30. The quantitative estimate of drug-likeness (QED) is 0.284. The first-order valence-corrected chi connectivity index (χ1v) is 13.6. The zero-order valence-corrected chi connectivity index (χ0v) is 21.8. The van der Waals surface area contributed by atoms with E-state index in [9.17, 15) is 9.59 Å². The molecule has 0 aliphatic carbocycles. The second kappa shape index (κ2) is 12.9. The molecule has 0 N–H and O–H groups in total. The Labute approximate surface area is 215 Å². The van der Waals surface area contributed by atoms with Crippen molar-refractivity contribution in [3.63, 3.8) is 0 Å². The number of aryl methyl sites for hydroxylation is 1. The summed E-state index contributed by atoms with van der Waals surface area (Å²) in [6.07, 6.45) is 9.26. The van der Waals surface area contributed by atoms with E-state index in [2.05, 4.69) is 24.0 Å². The van der Waals surface area contributed by atoms with Gasteiger partial charge in [-0.1, -0.05) is 38.3 Å². The van der Waals surface area contributed by atoms with E-state index in [4.69, 9.17) is 9.47 Å². The molecule has 2 amide bonds. The van der Waals surface area contributed by atoms with Crippen molar-refractivity contribution in [1.29, 1.82) is 0 Å². The van der Waals surface area contributed by atoms with E-state index in [0.717, 1.165) is 56.7 Å². The molecule has 2 aromatic carbocycles. The summed E-state index contributed by atoms with van der Waals surface area (Å²) in [6, 6.07) is 15.3. The van der Waals surface area contributed by atoms with Crippen LogP contribution in [0, 0.1) is 5.92 Å². The second-order valence-electron chi connectivity index (χ2n) is 10.1. The van der Waals surface area contributed by atoms with Crippen molar-refractivity contribution in [2.45, 2.75) is 70.8 Å². The summed E-state index contributed by atoms with van der Waals surface area (Å²) in [4.78, 5) is 29.6. The van der Waals surface area contributed by atoms with Crippen LogP contribution < -0.4 is 14.4 Å². The largest absolute Gasteiger partial charge is 0.497 e. The molecule has 0 spiro atoms. The standard InChI is InChI=1S/C30H40N2O4/c1-3-4-5-6-21-36-27-15-11-25(12-16-27)32-29(33)22-28(30(32)34)31-19-17-24(18-20-31)8-7-23-9-13-26(35-2)14-10-23/h9-16,24,28H,3-8,17-22H2,1-2H3/t28-/m1/s1. The maximum absolute atomic E-state index is 13.2. The molecule has 0 unspecified atom stereocenters. The molecule has 2 saturated heterocycles. The molecule has 2 aliphatic heterocycles. The van der Waals surface area contributed by atoms with Crippen LogP contribution in [0.4, 0.5) is 5.69 Å². The molecule has 0 aromatic heterocycles. The zero-order chi connectivity index (χ0) is 25.3. The molecule has 194 valence electrons. The Morgan fingerprint density at radius 2 is 1.58 bits per heavy atom. The van der Waals surface area contributed by atoms with Gasteiger partial charge in [-0.2, -0.15) is 0 Å². The van der Waals surface area contributed by atoms with Gasteiger partial charge in [0.25, 0.3) is 5.91 Å². The van der Waals surface area contributed by atoms with E-state index >= 15 is 0 Å². The van der Waals surface area contributed by atoms with Crippen LogP contribution in [0.15, 0.2) is 48.5 Å². The number of amides is 2. The number of likely N-dealkylation sites (tertiary alicyclic amines) is 1. The van der Waals surface area contributed by atoms with Crippen LogP contribution in [-0.2, 0) is 16.0 Å². The van der Waals surface area contributed by atoms with Gasteiger partial charge in [0.2, 0.25) is 5.91 Å². The Balaban J connectivity index is 1.24. The molecule has 1 atom stereocenters. The number of carbonyl (C=O) groups excluding carboxylic acids is 2. The van der Waals surface area contributed by atoms with Crippen molar-refractivity contribution in [2.24, 2.45) is 5.92 Å². The number of benzene rings is 2. The van der Waals surface area contributed by atoms with Gasteiger partial charge in [0.15, 0.2) is 0 Å². The van der Waals surface area contributed by atoms with Crippen LogP contribution in [0.3, 0.4) is 0 Å². The first-order valence-electron chi connectivity index (χ1n) is 13.6. The monoisotopic (exact) mass is 492 g/mol. The Morgan fingerprint density at radius 1 is 0.889 bits per heavy atom. The maximum atomic E-state index is 13.2. The summed E-state index contributed by atoms with van der Waals surface area (Å²) >= 11 is 0. The molecule has 6 heteroatoms.